The molecular weight excluding hydrogens is 835 g/mol. The van der Waals surface area contributed by atoms with E-state index in [0.29, 0.717) is 17.7 Å². The number of anilines is 2. The van der Waals surface area contributed by atoms with Gasteiger partial charge >= 0.3 is 0 Å². The van der Waals surface area contributed by atoms with Crippen molar-refractivity contribution in [1.82, 2.24) is 19.5 Å². The number of furan rings is 2. The van der Waals surface area contributed by atoms with Crippen LogP contribution < -0.4 is 4.90 Å². The summed E-state index contributed by atoms with van der Waals surface area (Å²) in [6.45, 7) is 0. The highest BCUT2D eigenvalue weighted by Crippen LogP contribution is 2.54. The van der Waals surface area contributed by atoms with Crippen LogP contribution in [0.3, 0.4) is 0 Å². The van der Waals surface area contributed by atoms with Crippen molar-refractivity contribution in [1.29, 1.82) is 0 Å². The van der Waals surface area contributed by atoms with Crippen LogP contribution in [0, 0.1) is 0 Å². The number of hydrogen-bond donors (Lipinski definition) is 0. The first-order valence-electron chi connectivity index (χ1n) is 23.1. The van der Waals surface area contributed by atoms with Crippen molar-refractivity contribution in [2.75, 3.05) is 4.90 Å². The molecule has 1 aliphatic heterocycles. The molecule has 0 radical (unpaired) electrons. The van der Waals surface area contributed by atoms with E-state index in [1.54, 1.807) is 0 Å². The van der Waals surface area contributed by atoms with Gasteiger partial charge in [-0.2, -0.15) is 15.0 Å². The second-order valence-electron chi connectivity index (χ2n) is 17.9. The number of para-hydroxylation sites is 6. The third-order valence-corrected chi connectivity index (χ3v) is 14.2. The molecule has 2 unspecified atom stereocenters. The van der Waals surface area contributed by atoms with E-state index >= 15 is 0 Å². The number of rotatable bonds is 5. The predicted molar refractivity (Wildman–Crippen MR) is 275 cm³/mol. The Bertz CT molecular complexity index is 4220. The fraction of sp³-hybridized carbons (Fsp3) is 0.0328. The lowest BCUT2D eigenvalue weighted by Crippen LogP contribution is -2.32. The number of fused-ring (bicyclic) bond motifs is 14. The van der Waals surface area contributed by atoms with Crippen LogP contribution in [-0.4, -0.2) is 25.6 Å². The van der Waals surface area contributed by atoms with Crippen molar-refractivity contribution in [2.24, 2.45) is 0 Å². The Kier molecular flexibility index (Phi) is 7.77. The van der Waals surface area contributed by atoms with Gasteiger partial charge in [0, 0.05) is 54.9 Å². The number of aromatic nitrogens is 4. The van der Waals surface area contributed by atoms with Gasteiger partial charge in [0.1, 0.15) is 22.3 Å². The van der Waals surface area contributed by atoms with Crippen molar-refractivity contribution in [3.8, 4) is 39.6 Å². The quantitative estimate of drug-likeness (QED) is 0.172. The molecule has 2 atom stereocenters. The zero-order valence-electron chi connectivity index (χ0n) is 36.4. The van der Waals surface area contributed by atoms with Crippen LogP contribution in [-0.2, 0) is 0 Å². The minimum atomic E-state index is -0.132. The standard InChI is InChI=1S/C61H37N5O2/c1-2-17-40-36(14-1)31-33-52-56(40)49-25-12-22-41(37-15-11-16-38(34-37)42-23-13-24-48-46-21-6-10-29-54(46)68-58(42)48)57(49)66(52)61-63-59(39-30-32-47-45-20-5-9-28-53(45)67-55(47)35-39)62-60(64-61)65-50-26-7-3-18-43(50)44-19-4-8-27-51(44)65/h1-35,52,56H. The zero-order chi connectivity index (χ0) is 44.5. The number of hydrogen-bond acceptors (Lipinski definition) is 6. The van der Waals surface area contributed by atoms with Crippen molar-refractivity contribution < 1.29 is 8.83 Å². The van der Waals surface area contributed by atoms with Gasteiger partial charge in [0.25, 0.3) is 0 Å². The average molecular weight is 872 g/mol. The lowest BCUT2D eigenvalue weighted by Gasteiger charge is -2.30. The third-order valence-electron chi connectivity index (χ3n) is 14.2. The molecule has 0 saturated carbocycles. The highest BCUT2D eigenvalue weighted by molar-refractivity contribution is 6.11. The molecule has 4 aromatic heterocycles. The molecule has 0 fully saturated rings. The molecule has 13 aromatic rings. The van der Waals surface area contributed by atoms with E-state index in [1.807, 2.05) is 30.3 Å². The van der Waals surface area contributed by atoms with Crippen LogP contribution in [0.1, 0.15) is 22.6 Å². The molecule has 9 aromatic carbocycles. The van der Waals surface area contributed by atoms with Gasteiger partial charge in [0.05, 0.1) is 22.8 Å². The lowest BCUT2D eigenvalue weighted by atomic mass is 9.81. The van der Waals surface area contributed by atoms with Gasteiger partial charge in [-0.05, 0) is 70.3 Å². The van der Waals surface area contributed by atoms with E-state index in [4.69, 9.17) is 23.8 Å². The minimum Gasteiger partial charge on any atom is -0.456 e. The van der Waals surface area contributed by atoms with E-state index < -0.39 is 0 Å². The largest absolute Gasteiger partial charge is 0.456 e. The smallest absolute Gasteiger partial charge is 0.240 e. The number of nitrogens with zero attached hydrogens (tertiary/aromatic N) is 5. The summed E-state index contributed by atoms with van der Waals surface area (Å²) < 4.78 is 15.2. The molecule has 68 heavy (non-hydrogen) atoms. The van der Waals surface area contributed by atoms with Crippen LogP contribution in [0.25, 0.3) is 111 Å². The van der Waals surface area contributed by atoms with Gasteiger partial charge in [-0.3, -0.25) is 4.57 Å². The summed E-state index contributed by atoms with van der Waals surface area (Å²) >= 11 is 0. The molecule has 0 saturated heterocycles. The third kappa shape index (κ3) is 5.38. The molecule has 0 bridgehead atoms. The molecule has 0 spiro atoms. The molecular formula is C61H37N5O2. The first kappa shape index (κ1) is 37.2. The average Bonchev–Trinajstić information content (AvgIpc) is 4.16. The summed E-state index contributed by atoms with van der Waals surface area (Å²) in [6.07, 6.45) is 4.59. The maximum atomic E-state index is 6.57. The highest BCUT2D eigenvalue weighted by Gasteiger charge is 2.44. The van der Waals surface area contributed by atoms with E-state index in [1.165, 1.54) is 16.7 Å². The van der Waals surface area contributed by atoms with E-state index in [-0.39, 0.29) is 12.0 Å². The van der Waals surface area contributed by atoms with Crippen LogP contribution in [0.4, 0.5) is 11.6 Å². The zero-order valence-corrected chi connectivity index (χ0v) is 36.4. The monoisotopic (exact) mass is 871 g/mol. The summed E-state index contributed by atoms with van der Waals surface area (Å²) in [7, 11) is 0. The SMILES string of the molecule is C1=CC2C(c3ccccc31)c1cccc(-c3cccc(-c4cccc5c4oc4ccccc45)c3)c1N2c1nc(-c2ccc3c(c2)oc2ccccc23)nc(-n2c3ccccc3c3ccccc32)n1. The molecule has 0 N–H and O–H groups in total. The van der Waals surface area contributed by atoms with Crippen molar-refractivity contribution in [2.45, 2.75) is 12.0 Å². The molecule has 318 valence electrons. The molecule has 7 heteroatoms. The van der Waals surface area contributed by atoms with Gasteiger partial charge in [-0.1, -0.05) is 170 Å². The summed E-state index contributed by atoms with van der Waals surface area (Å²) in [5, 5.41) is 6.61. The van der Waals surface area contributed by atoms with Crippen LogP contribution in [0.5, 0.6) is 0 Å². The molecule has 0 amide bonds. The van der Waals surface area contributed by atoms with E-state index in [2.05, 4.69) is 191 Å². The second kappa shape index (κ2) is 14.2. The number of benzene rings is 9. The Labute approximate surface area is 389 Å². The predicted octanol–water partition coefficient (Wildman–Crippen LogP) is 15.4. The fourth-order valence-corrected chi connectivity index (χ4v) is 11.2. The van der Waals surface area contributed by atoms with Gasteiger partial charge in [0.15, 0.2) is 5.82 Å². The Morgan fingerprint density at radius 2 is 1.01 bits per heavy atom. The van der Waals surface area contributed by atoms with Crippen molar-refractivity contribution >= 4 is 83.4 Å². The maximum absolute atomic E-state index is 6.57. The summed E-state index contributed by atoms with van der Waals surface area (Å²) in [5.74, 6) is 1.67. The Balaban J connectivity index is 0.981. The van der Waals surface area contributed by atoms with Crippen LogP contribution >= 0.6 is 0 Å². The maximum Gasteiger partial charge on any atom is 0.240 e. The van der Waals surface area contributed by atoms with Crippen LogP contribution in [0.15, 0.2) is 215 Å². The Morgan fingerprint density at radius 3 is 1.84 bits per heavy atom. The lowest BCUT2D eigenvalue weighted by molar-refractivity contribution is 0.669. The van der Waals surface area contributed by atoms with Gasteiger partial charge < -0.3 is 13.7 Å². The van der Waals surface area contributed by atoms with Crippen molar-refractivity contribution in [3.05, 3.63) is 223 Å². The Hall–Kier alpha value is -9.07. The van der Waals surface area contributed by atoms with Gasteiger partial charge in [0.2, 0.25) is 11.9 Å². The van der Waals surface area contributed by atoms with Gasteiger partial charge in [-0.25, -0.2) is 0 Å². The van der Waals surface area contributed by atoms with Gasteiger partial charge in [-0.15, -0.1) is 0 Å². The molecule has 5 heterocycles. The van der Waals surface area contributed by atoms with E-state index in [9.17, 15) is 0 Å². The second-order valence-corrected chi connectivity index (χ2v) is 17.9. The summed E-state index contributed by atoms with van der Waals surface area (Å²) in [4.78, 5) is 18.9. The summed E-state index contributed by atoms with van der Waals surface area (Å²) in [5.41, 5.74) is 15.4. The first-order valence-corrected chi connectivity index (χ1v) is 23.1. The molecule has 2 aliphatic rings. The minimum absolute atomic E-state index is 0.0161. The molecule has 15 rings (SSSR count). The van der Waals surface area contributed by atoms with Crippen molar-refractivity contribution in [3.63, 3.8) is 0 Å². The topological polar surface area (TPSA) is 73.1 Å². The molecule has 1 aliphatic carbocycles. The first-order chi connectivity index (χ1) is 33.7. The van der Waals surface area contributed by atoms with E-state index in [0.717, 1.165) is 99.2 Å². The van der Waals surface area contributed by atoms with Crippen LogP contribution in [0.2, 0.25) is 0 Å². The molecule has 7 nitrogen and oxygen atoms in total. The highest BCUT2D eigenvalue weighted by atomic mass is 16.3. The normalized spacial score (nSPS) is 15.3. The summed E-state index contributed by atoms with van der Waals surface area (Å²) in [6, 6.07) is 70.4. The fourth-order valence-electron chi connectivity index (χ4n) is 11.2. The Morgan fingerprint density at radius 1 is 0.412 bits per heavy atom.